The third-order valence-corrected chi connectivity index (χ3v) is 3.52. The van der Waals surface area contributed by atoms with Crippen molar-refractivity contribution >= 4 is 39.5 Å². The van der Waals surface area contributed by atoms with Crippen molar-refractivity contribution in [1.82, 2.24) is 5.43 Å². The van der Waals surface area contributed by atoms with Gasteiger partial charge in [-0.15, -0.1) is 0 Å². The number of hydrazone groups is 1. The summed E-state index contributed by atoms with van der Waals surface area (Å²) in [5, 5.41) is 4.06. The van der Waals surface area contributed by atoms with Gasteiger partial charge in [-0.1, -0.05) is 15.9 Å². The molecule has 0 aromatic heterocycles. The Morgan fingerprint density at radius 3 is 2.70 bits per heavy atom. The van der Waals surface area contributed by atoms with Gasteiger partial charge in [-0.2, -0.15) is 5.10 Å². The summed E-state index contributed by atoms with van der Waals surface area (Å²) in [6.45, 7) is 0.384. The van der Waals surface area contributed by atoms with E-state index < -0.39 is 0 Å². The van der Waals surface area contributed by atoms with Crippen LogP contribution in [0.15, 0.2) is 52.0 Å². The minimum absolute atomic E-state index is 0.119. The van der Waals surface area contributed by atoms with Crippen molar-refractivity contribution in [2.45, 2.75) is 6.61 Å². The highest BCUT2D eigenvalue weighted by atomic mass is 79.9. The molecule has 7 heteroatoms. The molecule has 2 aromatic rings. The molecule has 0 heterocycles. The standard InChI is InChI=1S/C16H16BrN3O2S/c1-21-15-7-2-11(9-19-20-16(18)23)8-12(15)10-22-14-5-3-13(17)4-6-14/h2-9H,10H2,1H3,(H3,18,20,23). The minimum atomic E-state index is 0.119. The summed E-state index contributed by atoms with van der Waals surface area (Å²) in [6, 6.07) is 13.3. The fourth-order valence-corrected chi connectivity index (χ4v) is 2.17. The van der Waals surface area contributed by atoms with E-state index in [4.69, 9.17) is 27.4 Å². The SMILES string of the molecule is COc1ccc(C=NNC(N)=S)cc1COc1ccc(Br)cc1. The molecule has 2 rings (SSSR count). The van der Waals surface area contributed by atoms with Crippen LogP contribution in [0.3, 0.4) is 0 Å². The first-order valence-electron chi connectivity index (χ1n) is 6.72. The van der Waals surface area contributed by atoms with Crippen LogP contribution < -0.4 is 20.6 Å². The highest BCUT2D eigenvalue weighted by molar-refractivity contribution is 9.10. The van der Waals surface area contributed by atoms with Gasteiger partial charge in [-0.05, 0) is 60.2 Å². The van der Waals surface area contributed by atoms with E-state index in [1.54, 1.807) is 13.3 Å². The molecule has 120 valence electrons. The Kier molecular flexibility index (Phi) is 6.37. The van der Waals surface area contributed by atoms with Crippen molar-refractivity contribution in [3.8, 4) is 11.5 Å². The molecule has 0 fully saturated rings. The van der Waals surface area contributed by atoms with E-state index in [0.29, 0.717) is 6.61 Å². The van der Waals surface area contributed by atoms with E-state index in [1.807, 2.05) is 42.5 Å². The molecule has 5 nitrogen and oxygen atoms in total. The summed E-state index contributed by atoms with van der Waals surface area (Å²) in [5.74, 6) is 1.53. The van der Waals surface area contributed by atoms with E-state index in [-0.39, 0.29) is 5.11 Å². The molecular formula is C16H16BrN3O2S. The first-order valence-corrected chi connectivity index (χ1v) is 7.92. The van der Waals surface area contributed by atoms with Crippen LogP contribution >= 0.6 is 28.1 Å². The van der Waals surface area contributed by atoms with Crippen LogP contribution in [0, 0.1) is 0 Å². The van der Waals surface area contributed by atoms with Crippen LogP contribution in [0.5, 0.6) is 11.5 Å². The number of nitrogens with zero attached hydrogens (tertiary/aromatic N) is 1. The van der Waals surface area contributed by atoms with Crippen molar-refractivity contribution in [2.24, 2.45) is 10.8 Å². The van der Waals surface area contributed by atoms with E-state index >= 15 is 0 Å². The lowest BCUT2D eigenvalue weighted by atomic mass is 10.1. The number of thiocarbonyl (C=S) groups is 1. The molecule has 0 amide bonds. The van der Waals surface area contributed by atoms with Crippen LogP contribution in [0.4, 0.5) is 0 Å². The zero-order chi connectivity index (χ0) is 16.7. The summed E-state index contributed by atoms with van der Waals surface area (Å²) in [4.78, 5) is 0. The molecule has 0 radical (unpaired) electrons. The van der Waals surface area contributed by atoms with E-state index in [2.05, 4.69) is 26.5 Å². The van der Waals surface area contributed by atoms with Gasteiger partial charge in [-0.3, -0.25) is 5.43 Å². The average molecular weight is 394 g/mol. The maximum Gasteiger partial charge on any atom is 0.184 e. The Morgan fingerprint density at radius 1 is 1.30 bits per heavy atom. The smallest absolute Gasteiger partial charge is 0.184 e. The number of benzene rings is 2. The number of hydrogen-bond donors (Lipinski definition) is 2. The predicted octanol–water partition coefficient (Wildman–Crippen LogP) is 3.20. The largest absolute Gasteiger partial charge is 0.496 e. The van der Waals surface area contributed by atoms with Gasteiger partial charge in [0.2, 0.25) is 0 Å². The van der Waals surface area contributed by atoms with Gasteiger partial charge in [0.15, 0.2) is 5.11 Å². The molecule has 0 bridgehead atoms. The lowest BCUT2D eigenvalue weighted by Crippen LogP contribution is -2.24. The Balaban J connectivity index is 2.10. The Hall–Kier alpha value is -2.12. The Labute approximate surface area is 148 Å². The predicted molar refractivity (Wildman–Crippen MR) is 99.0 cm³/mol. The van der Waals surface area contributed by atoms with E-state index in [9.17, 15) is 0 Å². The van der Waals surface area contributed by atoms with Crippen LogP contribution in [0.2, 0.25) is 0 Å². The van der Waals surface area contributed by atoms with Gasteiger partial charge in [0.05, 0.1) is 13.3 Å². The quantitative estimate of drug-likeness (QED) is 0.448. The second-order valence-electron chi connectivity index (χ2n) is 4.55. The molecule has 23 heavy (non-hydrogen) atoms. The van der Waals surface area contributed by atoms with Crippen LogP contribution in [0.1, 0.15) is 11.1 Å². The molecule has 3 N–H and O–H groups in total. The second-order valence-corrected chi connectivity index (χ2v) is 5.90. The molecule has 0 unspecified atom stereocenters. The van der Waals surface area contributed by atoms with Crippen molar-refractivity contribution in [1.29, 1.82) is 0 Å². The summed E-state index contributed by atoms with van der Waals surface area (Å²) in [5.41, 5.74) is 9.63. The number of rotatable bonds is 6. The molecule has 0 aliphatic rings. The summed E-state index contributed by atoms with van der Waals surface area (Å²) < 4.78 is 12.2. The highest BCUT2D eigenvalue weighted by Crippen LogP contribution is 2.22. The van der Waals surface area contributed by atoms with Gasteiger partial charge in [-0.25, -0.2) is 0 Å². The van der Waals surface area contributed by atoms with E-state index in [1.165, 1.54) is 0 Å². The maximum absolute atomic E-state index is 5.79. The Morgan fingerprint density at radius 2 is 2.04 bits per heavy atom. The summed E-state index contributed by atoms with van der Waals surface area (Å²) in [6.07, 6.45) is 1.63. The molecule has 0 saturated carbocycles. The molecule has 0 saturated heterocycles. The van der Waals surface area contributed by atoms with Gasteiger partial charge >= 0.3 is 0 Å². The number of methoxy groups -OCH3 is 1. The fourth-order valence-electron chi connectivity index (χ4n) is 1.85. The monoisotopic (exact) mass is 393 g/mol. The van der Waals surface area contributed by atoms with Gasteiger partial charge < -0.3 is 15.2 Å². The summed E-state index contributed by atoms with van der Waals surface area (Å²) >= 11 is 8.08. The number of nitrogens with one attached hydrogen (secondary N) is 1. The van der Waals surface area contributed by atoms with Crippen molar-refractivity contribution < 1.29 is 9.47 Å². The van der Waals surface area contributed by atoms with Crippen molar-refractivity contribution in [3.05, 3.63) is 58.1 Å². The average Bonchev–Trinajstić information content (AvgIpc) is 2.54. The normalized spacial score (nSPS) is 10.5. The molecular weight excluding hydrogens is 378 g/mol. The number of nitrogens with two attached hydrogens (primary N) is 1. The highest BCUT2D eigenvalue weighted by Gasteiger charge is 2.05. The second kappa shape index (κ2) is 8.50. The van der Waals surface area contributed by atoms with Gasteiger partial charge in [0.1, 0.15) is 18.1 Å². The zero-order valence-corrected chi connectivity index (χ0v) is 14.9. The Bertz CT molecular complexity index is 705. The van der Waals surface area contributed by atoms with Crippen molar-refractivity contribution in [2.75, 3.05) is 7.11 Å². The third-order valence-electron chi connectivity index (χ3n) is 2.90. The number of hydrogen-bond acceptors (Lipinski definition) is 4. The lowest BCUT2D eigenvalue weighted by molar-refractivity contribution is 0.296. The molecule has 2 aromatic carbocycles. The zero-order valence-electron chi connectivity index (χ0n) is 12.5. The number of halogens is 1. The number of ether oxygens (including phenoxy) is 2. The summed E-state index contributed by atoms with van der Waals surface area (Å²) in [7, 11) is 1.63. The van der Waals surface area contributed by atoms with Crippen LogP contribution in [0.25, 0.3) is 0 Å². The lowest BCUT2D eigenvalue weighted by Gasteiger charge is -2.11. The molecule has 0 aliphatic heterocycles. The third kappa shape index (κ3) is 5.54. The van der Waals surface area contributed by atoms with Crippen molar-refractivity contribution in [3.63, 3.8) is 0 Å². The topological polar surface area (TPSA) is 68.9 Å². The molecule has 0 spiro atoms. The van der Waals surface area contributed by atoms with Crippen LogP contribution in [-0.2, 0) is 6.61 Å². The maximum atomic E-state index is 5.79. The minimum Gasteiger partial charge on any atom is -0.496 e. The van der Waals surface area contributed by atoms with Crippen LogP contribution in [-0.4, -0.2) is 18.4 Å². The first kappa shape index (κ1) is 17.2. The fraction of sp³-hybridized carbons (Fsp3) is 0.125. The van der Waals surface area contributed by atoms with E-state index in [0.717, 1.165) is 27.1 Å². The first-order chi connectivity index (χ1) is 11.1. The molecule has 0 aliphatic carbocycles. The molecule has 0 atom stereocenters. The van der Waals surface area contributed by atoms with Gasteiger partial charge in [0.25, 0.3) is 0 Å². The van der Waals surface area contributed by atoms with Gasteiger partial charge in [0, 0.05) is 10.0 Å².